The van der Waals surface area contributed by atoms with Gasteiger partial charge in [0.05, 0.1) is 17.3 Å². The highest BCUT2D eigenvalue weighted by molar-refractivity contribution is 7.24. The maximum absolute atomic E-state index is 4.81. The maximum atomic E-state index is 4.81. The minimum absolute atomic E-state index is 0.466. The molecule has 0 saturated heterocycles. The molecule has 5 rings (SSSR count). The molecule has 0 aliphatic heterocycles. The molecule has 0 aliphatic carbocycles. The largest absolute Gasteiger partial charge is 0.232 e. The fourth-order valence-corrected chi connectivity index (χ4v) is 7.73. The van der Waals surface area contributed by atoms with Gasteiger partial charge in [-0.1, -0.05) is 57.8 Å². The van der Waals surface area contributed by atoms with Gasteiger partial charge in [0.2, 0.25) is 5.69 Å². The van der Waals surface area contributed by atoms with Crippen LogP contribution >= 0.6 is 11.3 Å². The molecule has 0 fully saturated rings. The van der Waals surface area contributed by atoms with Crippen LogP contribution in [0.3, 0.4) is 0 Å². The first-order chi connectivity index (χ1) is 15.2. The van der Waals surface area contributed by atoms with Crippen LogP contribution < -0.4 is 4.57 Å². The molecule has 5 aromatic rings. The summed E-state index contributed by atoms with van der Waals surface area (Å²) in [6.07, 6.45) is 4.28. The summed E-state index contributed by atoms with van der Waals surface area (Å²) in [7, 11) is 0.943. The van der Waals surface area contributed by atoms with E-state index in [1.807, 2.05) is 11.3 Å². The van der Waals surface area contributed by atoms with Crippen LogP contribution in [0.15, 0.2) is 48.8 Å². The number of rotatable bonds is 4. The number of hydrogen-bond donors (Lipinski definition) is 0. The predicted molar refractivity (Wildman–Crippen MR) is 141 cm³/mol. The maximum Gasteiger partial charge on any atom is 0.232 e. The summed E-state index contributed by atoms with van der Waals surface area (Å²) >= 11 is 1.90. The third kappa shape index (κ3) is 3.39. The first kappa shape index (κ1) is 21.3. The van der Waals surface area contributed by atoms with Gasteiger partial charge in [-0.3, -0.25) is 0 Å². The summed E-state index contributed by atoms with van der Waals surface area (Å²) in [6, 6.07) is 14.7. The van der Waals surface area contributed by atoms with Crippen molar-refractivity contribution in [2.45, 2.75) is 52.4 Å². The molecule has 3 nitrogen and oxygen atoms in total. The van der Waals surface area contributed by atoms with Crippen LogP contribution in [0.4, 0.5) is 0 Å². The van der Waals surface area contributed by atoms with E-state index in [1.165, 1.54) is 53.8 Å². The summed E-state index contributed by atoms with van der Waals surface area (Å²) in [4.78, 5) is 1.30. The van der Waals surface area contributed by atoms with Crippen molar-refractivity contribution in [3.05, 3.63) is 65.5 Å². The highest BCUT2D eigenvalue weighted by Gasteiger charge is 2.25. The third-order valence-corrected chi connectivity index (χ3v) is 9.10. The van der Waals surface area contributed by atoms with Gasteiger partial charge in [0.15, 0.2) is 6.20 Å². The summed E-state index contributed by atoms with van der Waals surface area (Å²) in [5.41, 5.74) is 8.00. The Morgan fingerprint density at radius 2 is 1.81 bits per heavy atom. The number of hydrogen-bond acceptors (Lipinski definition) is 2. The Bertz CT molecular complexity index is 1480. The number of aryl methyl sites for hydroxylation is 2. The highest BCUT2D eigenvalue weighted by Crippen LogP contribution is 2.39. The summed E-state index contributed by atoms with van der Waals surface area (Å²) < 4.78 is 5.78. The SMILES string of the molecule is Cc1c(-c2c3sc4c(C[Si](C)(C)C)cnn4c3cc[n+]2C)cc(C(C)C)c2ccccc12. The van der Waals surface area contributed by atoms with Gasteiger partial charge < -0.3 is 0 Å². The minimum atomic E-state index is -1.23. The number of benzene rings is 2. The van der Waals surface area contributed by atoms with Crippen LogP contribution in [0.1, 0.15) is 36.5 Å². The zero-order chi connectivity index (χ0) is 22.8. The van der Waals surface area contributed by atoms with E-state index in [0.29, 0.717) is 5.92 Å². The van der Waals surface area contributed by atoms with Gasteiger partial charge in [-0.15, -0.1) is 11.3 Å². The normalized spacial score (nSPS) is 12.6. The van der Waals surface area contributed by atoms with Crippen molar-refractivity contribution < 1.29 is 4.57 Å². The average molecular weight is 459 g/mol. The van der Waals surface area contributed by atoms with Crippen molar-refractivity contribution in [1.29, 1.82) is 0 Å². The van der Waals surface area contributed by atoms with Crippen LogP contribution in [0.2, 0.25) is 19.6 Å². The molecule has 5 heteroatoms. The van der Waals surface area contributed by atoms with Gasteiger partial charge in [0, 0.05) is 19.7 Å². The average Bonchev–Trinajstić information content (AvgIpc) is 3.27. The second-order valence-electron chi connectivity index (χ2n) is 10.6. The van der Waals surface area contributed by atoms with E-state index < -0.39 is 8.07 Å². The van der Waals surface area contributed by atoms with Crippen molar-refractivity contribution >= 4 is 45.2 Å². The fraction of sp³-hybridized carbons (Fsp3) is 0.333. The smallest absolute Gasteiger partial charge is 0.221 e. The first-order valence-corrected chi connectivity index (χ1v) is 16.0. The Balaban J connectivity index is 1.84. The van der Waals surface area contributed by atoms with E-state index in [1.54, 1.807) is 0 Å². The molecule has 0 atom stereocenters. The van der Waals surface area contributed by atoms with E-state index >= 15 is 0 Å². The lowest BCUT2D eigenvalue weighted by Crippen LogP contribution is -2.30. The zero-order valence-electron chi connectivity index (χ0n) is 20.2. The van der Waals surface area contributed by atoms with Crippen LogP contribution in [0, 0.1) is 6.92 Å². The molecule has 32 heavy (non-hydrogen) atoms. The van der Waals surface area contributed by atoms with Crippen molar-refractivity contribution in [3.8, 4) is 11.3 Å². The molecule has 3 heterocycles. The molecule has 0 spiro atoms. The van der Waals surface area contributed by atoms with E-state index in [-0.39, 0.29) is 0 Å². The lowest BCUT2D eigenvalue weighted by molar-refractivity contribution is -0.659. The van der Waals surface area contributed by atoms with Gasteiger partial charge in [0.25, 0.3) is 0 Å². The number of nitrogens with zero attached hydrogens (tertiary/aromatic N) is 3. The highest BCUT2D eigenvalue weighted by atomic mass is 32.1. The first-order valence-electron chi connectivity index (χ1n) is 11.5. The number of thiazole rings is 1. The topological polar surface area (TPSA) is 21.2 Å². The Hall–Kier alpha value is -2.50. The lowest BCUT2D eigenvalue weighted by Gasteiger charge is -2.16. The Morgan fingerprint density at radius 3 is 2.50 bits per heavy atom. The van der Waals surface area contributed by atoms with E-state index in [0.717, 1.165) is 6.04 Å². The molecule has 2 aromatic carbocycles. The van der Waals surface area contributed by atoms with E-state index in [2.05, 4.69) is 105 Å². The van der Waals surface area contributed by atoms with Gasteiger partial charge in [-0.05, 0) is 46.9 Å². The molecule has 0 aliphatic rings. The van der Waals surface area contributed by atoms with Crippen LogP contribution in [0.5, 0.6) is 0 Å². The van der Waals surface area contributed by atoms with E-state index in [4.69, 9.17) is 5.10 Å². The van der Waals surface area contributed by atoms with Crippen molar-refractivity contribution in [1.82, 2.24) is 9.61 Å². The predicted octanol–water partition coefficient (Wildman–Crippen LogP) is 7.05. The minimum Gasteiger partial charge on any atom is -0.221 e. The van der Waals surface area contributed by atoms with Gasteiger partial charge in [-0.2, -0.15) is 9.67 Å². The van der Waals surface area contributed by atoms with E-state index in [9.17, 15) is 0 Å². The third-order valence-electron chi connectivity index (χ3n) is 6.42. The molecule has 0 bridgehead atoms. The fourth-order valence-electron chi connectivity index (χ4n) is 4.91. The van der Waals surface area contributed by atoms with Crippen molar-refractivity contribution in [2.24, 2.45) is 7.05 Å². The summed E-state index contributed by atoms with van der Waals surface area (Å²) in [6.45, 7) is 14.2. The monoisotopic (exact) mass is 458 g/mol. The zero-order valence-corrected chi connectivity index (χ0v) is 22.0. The van der Waals surface area contributed by atoms with Gasteiger partial charge in [-0.25, -0.2) is 4.52 Å². The number of fused-ring (bicyclic) bond motifs is 4. The Morgan fingerprint density at radius 1 is 1.09 bits per heavy atom. The quantitative estimate of drug-likeness (QED) is 0.209. The van der Waals surface area contributed by atoms with Crippen LogP contribution in [-0.4, -0.2) is 17.7 Å². The van der Waals surface area contributed by atoms with Crippen LogP contribution in [0.25, 0.3) is 37.1 Å². The molecular weight excluding hydrogens is 426 g/mol. The molecule has 3 aromatic heterocycles. The summed E-state index contributed by atoms with van der Waals surface area (Å²) in [5, 5.41) is 7.54. The molecule has 0 saturated carbocycles. The Kier molecular flexibility index (Phi) is 5.02. The summed E-state index contributed by atoms with van der Waals surface area (Å²) in [5.74, 6) is 0.466. The van der Waals surface area contributed by atoms with Crippen LogP contribution in [-0.2, 0) is 13.1 Å². The standard InChI is InChI=1S/C27H32N3SSi/c1-17(2)22-14-23(18(3)20-10-8-9-11-21(20)22)25-26-24(12-13-29(25)4)30-27(31-26)19(15-28-30)16-32(5,6)7/h8-15,17H,16H2,1-7H3/q+1. The van der Waals surface area contributed by atoms with Gasteiger partial charge >= 0.3 is 0 Å². The number of aromatic nitrogens is 3. The molecule has 0 unspecified atom stereocenters. The lowest BCUT2D eigenvalue weighted by atomic mass is 9.89. The molecular formula is C27H32N3SSi+. The molecule has 0 N–H and O–H groups in total. The van der Waals surface area contributed by atoms with Gasteiger partial charge in [0.1, 0.15) is 16.6 Å². The van der Waals surface area contributed by atoms with Crippen molar-refractivity contribution in [2.75, 3.05) is 0 Å². The molecule has 164 valence electrons. The number of pyridine rings is 1. The molecule has 0 radical (unpaired) electrons. The molecule has 0 amide bonds. The second kappa shape index (κ2) is 7.53. The second-order valence-corrected chi connectivity index (χ2v) is 17.0. The Labute approximate surface area is 195 Å². The van der Waals surface area contributed by atoms with Crippen molar-refractivity contribution in [3.63, 3.8) is 0 Å².